The Morgan fingerprint density at radius 3 is 1.34 bits per heavy atom. The third kappa shape index (κ3) is 8.91. The van der Waals surface area contributed by atoms with Gasteiger partial charge in [0, 0.05) is 0 Å². The van der Waals surface area contributed by atoms with Crippen LogP contribution in [-0.4, -0.2) is 75.7 Å². The predicted octanol–water partition coefficient (Wildman–Crippen LogP) is 5.28. The van der Waals surface area contributed by atoms with Gasteiger partial charge in [-0.05, 0) is 71.8 Å². The van der Waals surface area contributed by atoms with Gasteiger partial charge in [-0.25, -0.2) is 19.2 Å². The highest BCUT2D eigenvalue weighted by atomic mass is 16.7. The van der Waals surface area contributed by atoms with E-state index < -0.39 is 48.3 Å². The lowest BCUT2D eigenvalue weighted by molar-refractivity contribution is -0.150. The molecule has 0 aromatic heterocycles. The molecule has 14 nitrogen and oxygen atoms in total. The molecule has 282 valence electrons. The van der Waals surface area contributed by atoms with Gasteiger partial charge in [-0.2, -0.15) is 10.5 Å². The lowest BCUT2D eigenvalue weighted by Gasteiger charge is -2.17. The molecule has 4 aromatic carbocycles. The highest BCUT2D eigenvalue weighted by Crippen LogP contribution is 2.34. The number of carbonyl (C=O) groups excluding carboxylic acids is 4. The van der Waals surface area contributed by atoms with Crippen LogP contribution in [0.4, 0.5) is 0 Å². The van der Waals surface area contributed by atoms with E-state index in [-0.39, 0.29) is 47.4 Å². The van der Waals surface area contributed by atoms with Crippen molar-refractivity contribution in [3.8, 4) is 35.1 Å². The van der Waals surface area contributed by atoms with Gasteiger partial charge >= 0.3 is 23.9 Å². The molecule has 0 aliphatic carbocycles. The number of hydrogen-bond acceptors (Lipinski definition) is 14. The Balaban J connectivity index is 1.06. The average molecular weight is 757 g/mol. The molecule has 0 amide bonds. The molecule has 0 unspecified atom stereocenters. The van der Waals surface area contributed by atoms with Crippen molar-refractivity contribution in [1.29, 1.82) is 10.5 Å². The number of benzene rings is 4. The van der Waals surface area contributed by atoms with Crippen molar-refractivity contribution < 1.29 is 57.1 Å². The number of esters is 4. The van der Waals surface area contributed by atoms with Gasteiger partial charge in [0.15, 0.2) is 35.2 Å². The second-order valence-corrected chi connectivity index (χ2v) is 12.2. The van der Waals surface area contributed by atoms with Crippen molar-refractivity contribution in [3.05, 3.63) is 130 Å². The summed E-state index contributed by atoms with van der Waals surface area (Å²) < 4.78 is 44.4. The number of nitrogens with zero attached hydrogens (tertiary/aromatic N) is 2. The van der Waals surface area contributed by atoms with E-state index in [1.807, 2.05) is 12.1 Å². The number of carbonyl (C=O) groups is 4. The van der Waals surface area contributed by atoms with Crippen molar-refractivity contribution in [2.75, 3.05) is 27.4 Å². The maximum absolute atomic E-state index is 13.1. The summed E-state index contributed by atoms with van der Waals surface area (Å²) in [6, 6.07) is 29.5. The Kier molecular flexibility index (Phi) is 12.2. The standard InChI is InChI=1S/C42H32N2O12/c1-49-33-19-25(13-15-31(33)53-39(45)27-9-5-3-6-10-27)17-29(21-43)41(47)55-35-23-51-38-36(24-52-37(35)38)56-42(48)30(22-44)18-26-14-16-32(34(20-26)50-2)54-40(46)28-11-7-4-8-12-28/h3-20,35-38H,23-24H2,1-2H3/b29-17+,30-18+/t35-,36+,37-,38-/m1/s1. The van der Waals surface area contributed by atoms with Crippen molar-refractivity contribution in [3.63, 3.8) is 0 Å². The van der Waals surface area contributed by atoms with E-state index in [0.717, 1.165) is 0 Å². The minimum atomic E-state index is -0.949. The van der Waals surface area contributed by atoms with E-state index >= 15 is 0 Å². The molecule has 2 heterocycles. The first-order valence-electron chi connectivity index (χ1n) is 17.0. The van der Waals surface area contributed by atoms with Gasteiger partial charge in [0.05, 0.1) is 38.6 Å². The molecule has 4 aromatic rings. The molecule has 2 fully saturated rings. The Bertz CT molecular complexity index is 2110. The summed E-state index contributed by atoms with van der Waals surface area (Å²) >= 11 is 0. The van der Waals surface area contributed by atoms with Crippen LogP contribution < -0.4 is 18.9 Å². The fourth-order valence-electron chi connectivity index (χ4n) is 5.82. The van der Waals surface area contributed by atoms with Crippen LogP contribution in [0.1, 0.15) is 31.8 Å². The van der Waals surface area contributed by atoms with Crippen LogP contribution >= 0.6 is 0 Å². The zero-order valence-corrected chi connectivity index (χ0v) is 29.9. The number of nitriles is 2. The van der Waals surface area contributed by atoms with Gasteiger partial charge in [-0.3, -0.25) is 0 Å². The fourth-order valence-corrected chi connectivity index (χ4v) is 5.82. The topological polar surface area (TPSA) is 190 Å². The van der Waals surface area contributed by atoms with Crippen molar-refractivity contribution in [2.45, 2.75) is 24.4 Å². The average Bonchev–Trinajstić information content (AvgIpc) is 3.82. The number of rotatable bonds is 12. The Labute approximate surface area is 320 Å². The minimum Gasteiger partial charge on any atom is -0.493 e. The zero-order valence-electron chi connectivity index (χ0n) is 29.9. The number of methoxy groups -OCH3 is 2. The monoisotopic (exact) mass is 756 g/mol. The molecular weight excluding hydrogens is 724 g/mol. The quantitative estimate of drug-likeness (QED) is 0.0786. The van der Waals surface area contributed by atoms with Crippen LogP contribution in [-0.2, 0) is 28.5 Å². The number of fused-ring (bicyclic) bond motifs is 1. The van der Waals surface area contributed by atoms with Gasteiger partial charge in [0.2, 0.25) is 0 Å². The molecule has 0 spiro atoms. The molecule has 0 bridgehead atoms. The van der Waals surface area contributed by atoms with E-state index in [4.69, 9.17) is 37.9 Å². The summed E-state index contributed by atoms with van der Waals surface area (Å²) in [5, 5.41) is 19.6. The van der Waals surface area contributed by atoms with Gasteiger partial charge in [0.1, 0.15) is 35.5 Å². The summed E-state index contributed by atoms with van der Waals surface area (Å²) in [5.41, 5.74) is 0.790. The number of ether oxygens (including phenoxy) is 8. The Morgan fingerprint density at radius 2 is 0.982 bits per heavy atom. The molecule has 2 aliphatic rings. The molecule has 6 rings (SSSR count). The third-order valence-corrected chi connectivity index (χ3v) is 8.58. The maximum Gasteiger partial charge on any atom is 0.349 e. The fraction of sp³-hybridized carbons (Fsp3) is 0.190. The van der Waals surface area contributed by atoms with Crippen LogP contribution in [0, 0.1) is 22.7 Å². The van der Waals surface area contributed by atoms with Gasteiger partial charge in [0.25, 0.3) is 0 Å². The van der Waals surface area contributed by atoms with E-state index in [0.29, 0.717) is 22.3 Å². The van der Waals surface area contributed by atoms with Crippen LogP contribution in [0.25, 0.3) is 12.2 Å². The summed E-state index contributed by atoms with van der Waals surface area (Å²) in [6.45, 7) is -0.212. The van der Waals surface area contributed by atoms with E-state index in [1.54, 1.807) is 60.7 Å². The van der Waals surface area contributed by atoms with Crippen molar-refractivity contribution >= 4 is 36.0 Å². The Morgan fingerprint density at radius 1 is 0.589 bits per heavy atom. The van der Waals surface area contributed by atoms with Crippen LogP contribution in [0.3, 0.4) is 0 Å². The number of hydrogen-bond donors (Lipinski definition) is 0. The second kappa shape index (κ2) is 17.7. The second-order valence-electron chi connectivity index (χ2n) is 12.2. The normalized spacial score (nSPS) is 18.7. The lowest BCUT2D eigenvalue weighted by atomic mass is 10.1. The van der Waals surface area contributed by atoms with Gasteiger partial charge < -0.3 is 37.9 Å². The SMILES string of the molecule is COc1cc(/C=C(\C#N)C(=O)O[C@H]2CO[C@H]3[C@@H]2OC[C@H]3OC(=O)/C(C#N)=C/c2ccc(OC(=O)c3ccccc3)c(OC)c2)ccc1OC(=O)c1ccccc1. The summed E-state index contributed by atoms with van der Waals surface area (Å²) in [6.07, 6.45) is -0.931. The molecule has 2 saturated heterocycles. The van der Waals surface area contributed by atoms with E-state index in [1.165, 1.54) is 62.8 Å². The Hall–Kier alpha value is -7.26. The highest BCUT2D eigenvalue weighted by molar-refractivity contribution is 5.99. The van der Waals surface area contributed by atoms with Crippen LogP contribution in [0.15, 0.2) is 108 Å². The lowest BCUT2D eigenvalue weighted by Crippen LogP contribution is -2.36. The third-order valence-electron chi connectivity index (χ3n) is 8.58. The van der Waals surface area contributed by atoms with Gasteiger partial charge in [-0.15, -0.1) is 0 Å². The highest BCUT2D eigenvalue weighted by Gasteiger charge is 2.51. The predicted molar refractivity (Wildman–Crippen MR) is 195 cm³/mol. The molecule has 0 N–H and O–H groups in total. The molecule has 0 radical (unpaired) electrons. The van der Waals surface area contributed by atoms with Crippen molar-refractivity contribution in [1.82, 2.24) is 0 Å². The molecule has 4 atom stereocenters. The van der Waals surface area contributed by atoms with Gasteiger partial charge in [-0.1, -0.05) is 48.5 Å². The van der Waals surface area contributed by atoms with Crippen LogP contribution in [0.5, 0.6) is 23.0 Å². The maximum atomic E-state index is 13.1. The van der Waals surface area contributed by atoms with Crippen LogP contribution in [0.2, 0.25) is 0 Å². The first-order valence-corrected chi connectivity index (χ1v) is 17.0. The van der Waals surface area contributed by atoms with Crippen molar-refractivity contribution in [2.24, 2.45) is 0 Å². The summed E-state index contributed by atoms with van der Waals surface area (Å²) in [5.74, 6) is -2.43. The summed E-state index contributed by atoms with van der Waals surface area (Å²) in [4.78, 5) is 51.3. The zero-order chi connectivity index (χ0) is 39.6. The first-order chi connectivity index (χ1) is 27.2. The van der Waals surface area contributed by atoms with E-state index in [9.17, 15) is 29.7 Å². The molecule has 2 aliphatic heterocycles. The van der Waals surface area contributed by atoms with E-state index in [2.05, 4.69) is 0 Å². The molecule has 56 heavy (non-hydrogen) atoms. The molecule has 14 heteroatoms. The summed E-state index contributed by atoms with van der Waals surface area (Å²) in [7, 11) is 2.76. The first kappa shape index (κ1) is 38.5. The molecule has 0 saturated carbocycles. The largest absolute Gasteiger partial charge is 0.493 e. The smallest absolute Gasteiger partial charge is 0.349 e. The minimum absolute atomic E-state index is 0.106. The molecular formula is C42H32N2O12.